The summed E-state index contributed by atoms with van der Waals surface area (Å²) in [6, 6.07) is 3.97. The zero-order valence-corrected chi connectivity index (χ0v) is 9.52. The molecule has 1 aromatic rings. The van der Waals surface area contributed by atoms with Crippen molar-refractivity contribution in [3.8, 4) is 5.75 Å². The number of carbonyl (C=O) groups excluding carboxylic acids is 1. The Morgan fingerprint density at radius 3 is 2.62 bits per heavy atom. The highest BCUT2D eigenvalue weighted by molar-refractivity contribution is 6.31. The van der Waals surface area contributed by atoms with Gasteiger partial charge in [0.25, 0.3) is 5.69 Å². The molecule has 0 radical (unpaired) electrons. The number of nitrogens with zero attached hydrogens (tertiary/aromatic N) is 1. The zero-order chi connectivity index (χ0) is 12.3. The average molecular weight is 244 g/mol. The minimum Gasteiger partial charge on any atom is -0.496 e. The number of methoxy groups -OCH3 is 1. The molecule has 0 aliphatic carbocycles. The molecular weight excluding hydrogens is 234 g/mol. The number of halogens is 1. The number of hydrogen-bond donors (Lipinski definition) is 0. The summed E-state index contributed by atoms with van der Waals surface area (Å²) in [5, 5.41) is 9.65. The maximum absolute atomic E-state index is 11.1. The Labute approximate surface area is 97.1 Å². The van der Waals surface area contributed by atoms with Crippen LogP contribution in [0.25, 0.3) is 0 Å². The van der Waals surface area contributed by atoms with Crippen LogP contribution in [0.1, 0.15) is 17.9 Å². The maximum atomic E-state index is 11.1. The molecule has 0 spiro atoms. The fraction of sp³-hybridized carbons (Fsp3) is 0.300. The van der Waals surface area contributed by atoms with Gasteiger partial charge in [0.1, 0.15) is 11.1 Å². The van der Waals surface area contributed by atoms with E-state index >= 15 is 0 Å². The highest BCUT2D eigenvalue weighted by Crippen LogP contribution is 2.33. The summed E-state index contributed by atoms with van der Waals surface area (Å²) in [6.45, 7) is 1.32. The first-order valence-electron chi connectivity index (χ1n) is 4.44. The molecule has 5 nitrogen and oxygen atoms in total. The molecule has 1 aromatic carbocycles. The fourth-order valence-electron chi connectivity index (χ4n) is 1.25. The molecule has 0 fully saturated rings. The molecule has 0 N–H and O–H groups in total. The Morgan fingerprint density at radius 1 is 1.56 bits per heavy atom. The van der Waals surface area contributed by atoms with Crippen LogP contribution in [-0.4, -0.2) is 17.8 Å². The van der Waals surface area contributed by atoms with Crippen LogP contribution in [0.5, 0.6) is 5.75 Å². The Balaban J connectivity index is 3.27. The van der Waals surface area contributed by atoms with E-state index in [-0.39, 0.29) is 11.5 Å². The number of benzene rings is 1. The molecule has 0 aliphatic heterocycles. The number of ketones is 1. The van der Waals surface area contributed by atoms with Gasteiger partial charge >= 0.3 is 0 Å². The van der Waals surface area contributed by atoms with E-state index in [4.69, 9.17) is 16.3 Å². The maximum Gasteiger partial charge on any atom is 0.270 e. The highest BCUT2D eigenvalue weighted by Gasteiger charge is 2.21. The van der Waals surface area contributed by atoms with E-state index in [0.29, 0.717) is 11.3 Å². The summed E-state index contributed by atoms with van der Waals surface area (Å²) in [4.78, 5) is 21.2. The van der Waals surface area contributed by atoms with Gasteiger partial charge in [-0.3, -0.25) is 14.9 Å². The highest BCUT2D eigenvalue weighted by atomic mass is 35.5. The third kappa shape index (κ3) is 2.49. The van der Waals surface area contributed by atoms with Crippen molar-refractivity contribution in [3.63, 3.8) is 0 Å². The van der Waals surface area contributed by atoms with Crippen molar-refractivity contribution in [2.24, 2.45) is 0 Å². The van der Waals surface area contributed by atoms with Gasteiger partial charge in [0, 0.05) is 17.7 Å². The van der Waals surface area contributed by atoms with Crippen molar-refractivity contribution in [1.29, 1.82) is 0 Å². The van der Waals surface area contributed by atoms with Crippen LogP contribution >= 0.6 is 11.6 Å². The number of Topliss-reactive ketones (excluding diaryl/α,β-unsaturated/α-hetero) is 1. The number of carbonyl (C=O) groups is 1. The van der Waals surface area contributed by atoms with Crippen LogP contribution in [0, 0.1) is 10.1 Å². The molecule has 0 heterocycles. The van der Waals surface area contributed by atoms with Crippen molar-refractivity contribution >= 4 is 23.1 Å². The first-order chi connectivity index (χ1) is 7.47. The monoisotopic (exact) mass is 243 g/mol. The SMILES string of the molecule is COc1ccc([N+](=O)[O-])cc1C(Cl)C(C)=O. The topological polar surface area (TPSA) is 69.4 Å². The van der Waals surface area contributed by atoms with Crippen molar-refractivity contribution in [1.82, 2.24) is 0 Å². The minimum atomic E-state index is -0.935. The molecule has 0 saturated heterocycles. The van der Waals surface area contributed by atoms with E-state index < -0.39 is 10.3 Å². The van der Waals surface area contributed by atoms with Gasteiger partial charge in [0.2, 0.25) is 0 Å². The predicted molar refractivity (Wildman–Crippen MR) is 58.9 cm³/mol. The molecule has 0 amide bonds. The van der Waals surface area contributed by atoms with Crippen LogP contribution in [0.3, 0.4) is 0 Å². The van der Waals surface area contributed by atoms with Gasteiger partial charge < -0.3 is 4.74 Å². The fourth-order valence-corrected chi connectivity index (χ4v) is 1.42. The molecule has 16 heavy (non-hydrogen) atoms. The summed E-state index contributed by atoms with van der Waals surface area (Å²) in [7, 11) is 1.41. The number of hydrogen-bond acceptors (Lipinski definition) is 4. The van der Waals surface area contributed by atoms with Gasteiger partial charge in [-0.15, -0.1) is 11.6 Å². The zero-order valence-electron chi connectivity index (χ0n) is 8.77. The average Bonchev–Trinajstić information content (AvgIpc) is 2.26. The van der Waals surface area contributed by atoms with Crippen LogP contribution in [-0.2, 0) is 4.79 Å². The Kier molecular flexibility index (Phi) is 3.84. The number of ether oxygens (including phenoxy) is 1. The third-order valence-corrected chi connectivity index (χ3v) is 2.60. The number of nitro groups is 1. The summed E-state index contributed by atoms with van der Waals surface area (Å²) in [5.41, 5.74) is 0.188. The lowest BCUT2D eigenvalue weighted by Gasteiger charge is -2.10. The lowest BCUT2D eigenvalue weighted by molar-refractivity contribution is -0.384. The van der Waals surface area contributed by atoms with Gasteiger partial charge in [0.05, 0.1) is 12.0 Å². The standard InChI is InChI=1S/C10H10ClNO4/c1-6(13)10(11)8-5-7(12(14)15)3-4-9(8)16-2/h3-5,10H,1-2H3. The van der Waals surface area contributed by atoms with E-state index in [9.17, 15) is 14.9 Å². The molecule has 0 bridgehead atoms. The first-order valence-corrected chi connectivity index (χ1v) is 4.88. The van der Waals surface area contributed by atoms with E-state index in [2.05, 4.69) is 0 Å². The summed E-state index contributed by atoms with van der Waals surface area (Å²) >= 11 is 5.85. The Hall–Kier alpha value is -1.62. The van der Waals surface area contributed by atoms with Gasteiger partial charge in [-0.05, 0) is 13.0 Å². The third-order valence-electron chi connectivity index (χ3n) is 2.05. The molecule has 0 saturated carbocycles. The predicted octanol–water partition coefficient (Wildman–Crippen LogP) is 2.47. The Morgan fingerprint density at radius 2 is 2.19 bits per heavy atom. The van der Waals surface area contributed by atoms with Gasteiger partial charge in [-0.25, -0.2) is 0 Å². The smallest absolute Gasteiger partial charge is 0.270 e. The lowest BCUT2D eigenvalue weighted by Crippen LogP contribution is -2.04. The van der Waals surface area contributed by atoms with Crippen LogP contribution < -0.4 is 4.74 Å². The number of alkyl halides is 1. The van der Waals surface area contributed by atoms with Gasteiger partial charge in [-0.2, -0.15) is 0 Å². The van der Waals surface area contributed by atoms with E-state index in [1.165, 1.54) is 32.2 Å². The van der Waals surface area contributed by atoms with Crippen LogP contribution in [0.2, 0.25) is 0 Å². The molecular formula is C10H10ClNO4. The summed E-state index contributed by atoms with van der Waals surface area (Å²) < 4.78 is 4.99. The molecule has 0 aliphatic rings. The van der Waals surface area contributed by atoms with E-state index in [0.717, 1.165) is 0 Å². The van der Waals surface area contributed by atoms with E-state index in [1.807, 2.05) is 0 Å². The second-order valence-electron chi connectivity index (χ2n) is 3.16. The lowest BCUT2D eigenvalue weighted by atomic mass is 10.1. The van der Waals surface area contributed by atoms with Crippen molar-refractivity contribution < 1.29 is 14.5 Å². The molecule has 1 atom stereocenters. The summed E-state index contributed by atoms with van der Waals surface area (Å²) in [5.74, 6) is 0.0706. The summed E-state index contributed by atoms with van der Waals surface area (Å²) in [6.07, 6.45) is 0. The Bertz CT molecular complexity index is 433. The van der Waals surface area contributed by atoms with Gasteiger partial charge in [-0.1, -0.05) is 0 Å². The van der Waals surface area contributed by atoms with Crippen molar-refractivity contribution in [2.45, 2.75) is 12.3 Å². The molecule has 0 aromatic heterocycles. The molecule has 1 rings (SSSR count). The first kappa shape index (κ1) is 12.4. The van der Waals surface area contributed by atoms with Crippen molar-refractivity contribution in [3.05, 3.63) is 33.9 Å². The normalized spacial score (nSPS) is 11.9. The minimum absolute atomic E-state index is 0.122. The largest absolute Gasteiger partial charge is 0.496 e. The second-order valence-corrected chi connectivity index (χ2v) is 3.59. The van der Waals surface area contributed by atoms with Gasteiger partial charge in [0.15, 0.2) is 5.78 Å². The van der Waals surface area contributed by atoms with Crippen LogP contribution in [0.4, 0.5) is 5.69 Å². The number of non-ortho nitro benzene ring substituents is 1. The van der Waals surface area contributed by atoms with E-state index in [1.54, 1.807) is 0 Å². The van der Waals surface area contributed by atoms with Crippen LogP contribution in [0.15, 0.2) is 18.2 Å². The molecule has 1 unspecified atom stereocenters. The molecule has 6 heteroatoms. The molecule has 86 valence electrons. The number of nitro benzene ring substituents is 1. The van der Waals surface area contributed by atoms with Crippen molar-refractivity contribution in [2.75, 3.05) is 7.11 Å². The number of rotatable bonds is 4. The quantitative estimate of drug-likeness (QED) is 0.463. The second kappa shape index (κ2) is 4.94.